The predicted octanol–water partition coefficient (Wildman–Crippen LogP) is 3.99. The molecule has 2 rings (SSSR count). The summed E-state index contributed by atoms with van der Waals surface area (Å²) in [4.78, 5) is 30.9. The van der Waals surface area contributed by atoms with Gasteiger partial charge >= 0.3 is 0 Å². The van der Waals surface area contributed by atoms with Crippen molar-refractivity contribution in [3.05, 3.63) is 50.9 Å². The highest BCUT2D eigenvalue weighted by molar-refractivity contribution is 7.09. The lowest BCUT2D eigenvalue weighted by molar-refractivity contribution is 0.0690. The number of benzene rings is 1. The average Bonchev–Trinajstić information content (AvgIpc) is 3.00. The van der Waals surface area contributed by atoms with E-state index in [1.54, 1.807) is 34.5 Å². The van der Waals surface area contributed by atoms with Crippen molar-refractivity contribution >= 4 is 34.8 Å². The predicted molar refractivity (Wildman–Crippen MR) is 101 cm³/mol. The van der Waals surface area contributed by atoms with Crippen LogP contribution in [0.15, 0.2) is 29.6 Å². The SMILES string of the molecule is CC(C)NC(=O)c1csc(CN(C(=O)c2cccc(Cl)c2)C(C)C)n1. The molecule has 5 nitrogen and oxygen atoms in total. The van der Waals surface area contributed by atoms with E-state index < -0.39 is 0 Å². The zero-order valence-corrected chi connectivity index (χ0v) is 16.3. The summed E-state index contributed by atoms with van der Waals surface area (Å²) >= 11 is 7.36. The van der Waals surface area contributed by atoms with E-state index in [9.17, 15) is 9.59 Å². The summed E-state index contributed by atoms with van der Waals surface area (Å²) in [5.74, 6) is -0.310. The molecule has 0 fully saturated rings. The molecule has 1 heterocycles. The Morgan fingerprint density at radius 3 is 2.60 bits per heavy atom. The van der Waals surface area contributed by atoms with Crippen molar-refractivity contribution in [2.24, 2.45) is 0 Å². The zero-order valence-electron chi connectivity index (χ0n) is 14.7. The molecule has 1 aromatic carbocycles. The Hall–Kier alpha value is -1.92. The minimum absolute atomic E-state index is 0.0108. The van der Waals surface area contributed by atoms with Gasteiger partial charge in [-0.1, -0.05) is 17.7 Å². The van der Waals surface area contributed by atoms with Crippen molar-refractivity contribution in [2.45, 2.75) is 46.3 Å². The summed E-state index contributed by atoms with van der Waals surface area (Å²) in [5.41, 5.74) is 0.920. The van der Waals surface area contributed by atoms with E-state index in [4.69, 9.17) is 11.6 Å². The number of carbonyl (C=O) groups is 2. The van der Waals surface area contributed by atoms with E-state index >= 15 is 0 Å². The molecule has 0 bridgehead atoms. The molecule has 134 valence electrons. The monoisotopic (exact) mass is 379 g/mol. The zero-order chi connectivity index (χ0) is 18.6. The van der Waals surface area contributed by atoms with Gasteiger partial charge in [-0.3, -0.25) is 9.59 Å². The van der Waals surface area contributed by atoms with Gasteiger partial charge in [-0.25, -0.2) is 4.98 Å². The standard InChI is InChI=1S/C18H22ClN3O2S/c1-11(2)20-17(23)15-10-25-16(21-15)9-22(12(3)4)18(24)13-6-5-7-14(19)8-13/h5-8,10-12H,9H2,1-4H3,(H,20,23). The molecule has 25 heavy (non-hydrogen) atoms. The number of thiazole rings is 1. The molecule has 2 aromatic rings. The maximum Gasteiger partial charge on any atom is 0.270 e. The van der Waals surface area contributed by atoms with Crippen molar-refractivity contribution in [2.75, 3.05) is 0 Å². The first-order valence-corrected chi connectivity index (χ1v) is 9.35. The highest BCUT2D eigenvalue weighted by atomic mass is 35.5. The van der Waals surface area contributed by atoms with Crippen LogP contribution in [0.3, 0.4) is 0 Å². The Bertz CT molecular complexity index is 758. The summed E-state index contributed by atoms with van der Waals surface area (Å²) in [5, 5.41) is 5.78. The van der Waals surface area contributed by atoms with E-state index in [1.807, 2.05) is 27.7 Å². The van der Waals surface area contributed by atoms with Crippen LogP contribution >= 0.6 is 22.9 Å². The first-order chi connectivity index (χ1) is 11.8. The van der Waals surface area contributed by atoms with Gasteiger partial charge in [0.15, 0.2) is 0 Å². The molecule has 0 spiro atoms. The minimum Gasteiger partial charge on any atom is -0.349 e. The van der Waals surface area contributed by atoms with E-state index in [-0.39, 0.29) is 23.9 Å². The van der Waals surface area contributed by atoms with Crippen molar-refractivity contribution in [3.8, 4) is 0 Å². The maximum absolute atomic E-state index is 12.8. The maximum atomic E-state index is 12.8. The molecule has 2 amide bonds. The fourth-order valence-corrected chi connectivity index (χ4v) is 3.21. The molecular weight excluding hydrogens is 358 g/mol. The van der Waals surface area contributed by atoms with Gasteiger partial charge in [-0.15, -0.1) is 11.3 Å². The molecule has 0 atom stereocenters. The van der Waals surface area contributed by atoms with E-state index in [0.29, 0.717) is 22.8 Å². The van der Waals surface area contributed by atoms with Crippen LogP contribution in [0, 0.1) is 0 Å². The average molecular weight is 380 g/mol. The minimum atomic E-state index is -0.199. The van der Waals surface area contributed by atoms with Crippen LogP contribution in [0.25, 0.3) is 0 Å². The number of aromatic nitrogens is 1. The second-order valence-electron chi connectivity index (χ2n) is 6.29. The van der Waals surface area contributed by atoms with Gasteiger partial charge in [0.25, 0.3) is 11.8 Å². The number of hydrogen-bond acceptors (Lipinski definition) is 4. The third kappa shape index (κ3) is 5.28. The lowest BCUT2D eigenvalue weighted by Crippen LogP contribution is -2.36. The summed E-state index contributed by atoms with van der Waals surface area (Å²) in [7, 11) is 0. The molecule has 1 N–H and O–H groups in total. The molecule has 0 aliphatic heterocycles. The molecule has 0 unspecified atom stereocenters. The van der Waals surface area contributed by atoms with Gasteiger partial charge in [0.05, 0.1) is 6.54 Å². The summed E-state index contributed by atoms with van der Waals surface area (Å²) in [6, 6.07) is 6.93. The van der Waals surface area contributed by atoms with Gasteiger partial charge in [0.2, 0.25) is 0 Å². The Labute approximate surface area is 157 Å². The van der Waals surface area contributed by atoms with E-state index in [2.05, 4.69) is 10.3 Å². The number of nitrogens with one attached hydrogen (secondary N) is 1. The number of rotatable bonds is 6. The van der Waals surface area contributed by atoms with Crippen molar-refractivity contribution < 1.29 is 9.59 Å². The molecule has 1 aromatic heterocycles. The van der Waals surface area contributed by atoms with Crippen LogP contribution in [0.5, 0.6) is 0 Å². The molecule has 0 aliphatic carbocycles. The van der Waals surface area contributed by atoms with Gasteiger partial charge in [0.1, 0.15) is 10.7 Å². The molecule has 0 radical (unpaired) electrons. The number of amides is 2. The largest absolute Gasteiger partial charge is 0.349 e. The summed E-state index contributed by atoms with van der Waals surface area (Å²) in [6.07, 6.45) is 0. The molecule has 0 aliphatic rings. The number of hydrogen-bond donors (Lipinski definition) is 1. The Morgan fingerprint density at radius 2 is 2.00 bits per heavy atom. The van der Waals surface area contributed by atoms with Crippen LogP contribution in [0.2, 0.25) is 5.02 Å². The van der Waals surface area contributed by atoms with Gasteiger partial charge in [-0.2, -0.15) is 0 Å². The second kappa shape index (κ2) is 8.45. The third-order valence-electron chi connectivity index (χ3n) is 3.47. The summed E-state index contributed by atoms with van der Waals surface area (Å²) in [6.45, 7) is 8.04. The van der Waals surface area contributed by atoms with Crippen LogP contribution in [0.4, 0.5) is 0 Å². The molecule has 0 saturated carbocycles. The number of nitrogens with zero attached hydrogens (tertiary/aromatic N) is 2. The first kappa shape index (κ1) is 19.4. The lowest BCUT2D eigenvalue weighted by Gasteiger charge is -2.26. The Morgan fingerprint density at radius 1 is 1.28 bits per heavy atom. The fraction of sp³-hybridized carbons (Fsp3) is 0.389. The highest BCUT2D eigenvalue weighted by Crippen LogP contribution is 2.19. The van der Waals surface area contributed by atoms with Crippen molar-refractivity contribution in [1.29, 1.82) is 0 Å². The van der Waals surface area contributed by atoms with Gasteiger partial charge < -0.3 is 10.2 Å². The van der Waals surface area contributed by atoms with Gasteiger partial charge in [-0.05, 0) is 45.9 Å². The topological polar surface area (TPSA) is 62.3 Å². The van der Waals surface area contributed by atoms with Crippen LogP contribution in [-0.2, 0) is 6.54 Å². The molecule has 0 saturated heterocycles. The third-order valence-corrected chi connectivity index (χ3v) is 4.53. The van der Waals surface area contributed by atoms with E-state index in [0.717, 1.165) is 5.01 Å². The van der Waals surface area contributed by atoms with Crippen LogP contribution in [-0.4, -0.2) is 33.8 Å². The summed E-state index contributed by atoms with van der Waals surface area (Å²) < 4.78 is 0. The quantitative estimate of drug-likeness (QED) is 0.825. The van der Waals surface area contributed by atoms with Crippen LogP contribution in [0.1, 0.15) is 53.5 Å². The van der Waals surface area contributed by atoms with Gasteiger partial charge in [0, 0.05) is 28.0 Å². The van der Waals surface area contributed by atoms with E-state index in [1.165, 1.54) is 11.3 Å². The van der Waals surface area contributed by atoms with Crippen LogP contribution < -0.4 is 5.32 Å². The molecule has 7 heteroatoms. The number of carbonyl (C=O) groups excluding carboxylic acids is 2. The Kier molecular flexibility index (Phi) is 6.56. The first-order valence-electron chi connectivity index (χ1n) is 8.09. The number of halogens is 1. The second-order valence-corrected chi connectivity index (χ2v) is 7.67. The fourth-order valence-electron chi connectivity index (χ4n) is 2.25. The Balaban J connectivity index is 2.16. The van der Waals surface area contributed by atoms with Crippen molar-refractivity contribution in [1.82, 2.24) is 15.2 Å². The van der Waals surface area contributed by atoms with Crippen molar-refractivity contribution in [3.63, 3.8) is 0 Å². The highest BCUT2D eigenvalue weighted by Gasteiger charge is 2.21. The molecular formula is C18H22ClN3O2S. The normalized spacial score (nSPS) is 11.0. The lowest BCUT2D eigenvalue weighted by atomic mass is 10.1. The smallest absolute Gasteiger partial charge is 0.270 e.